The van der Waals surface area contributed by atoms with E-state index in [9.17, 15) is 14.4 Å². The third-order valence-electron chi connectivity index (χ3n) is 2.08. The van der Waals surface area contributed by atoms with Crippen molar-refractivity contribution in [3.63, 3.8) is 0 Å². The largest absolute Gasteiger partial charge is 0.481 e. The highest BCUT2D eigenvalue weighted by atomic mass is 16.6. The number of rotatable bonds is 6. The first-order valence-corrected chi connectivity index (χ1v) is 5.32. The van der Waals surface area contributed by atoms with Gasteiger partial charge in [-0.15, -0.1) is 0 Å². The first-order valence-electron chi connectivity index (χ1n) is 6.02. The molecule has 7 heteroatoms. The number of carboxylic acid groups (broad SMARTS) is 2. The molecule has 7 nitrogen and oxygen atoms in total. The summed E-state index contributed by atoms with van der Waals surface area (Å²) in [5.41, 5.74) is 2.07. The van der Waals surface area contributed by atoms with Gasteiger partial charge in [0.15, 0.2) is 0 Å². The van der Waals surface area contributed by atoms with Crippen LogP contribution in [0.25, 0.3) is 0 Å². The molecule has 18 heavy (non-hydrogen) atoms. The molecule has 0 amide bonds. The average Bonchev–Trinajstić information content (AvgIpc) is 2.27. The molecule has 0 aliphatic heterocycles. The summed E-state index contributed by atoms with van der Waals surface area (Å²) >= 11 is 0. The zero-order chi connectivity index (χ0) is 15.3. The van der Waals surface area contributed by atoms with E-state index in [2.05, 4.69) is 0 Å². The van der Waals surface area contributed by atoms with Gasteiger partial charge >= 0.3 is 17.9 Å². The average molecular weight is 262 g/mol. The Morgan fingerprint density at radius 3 is 2.28 bits per heavy atom. The fourth-order valence-corrected chi connectivity index (χ4v) is 1.16. The maximum Gasteiger partial charge on any atom is 0.338 e. The monoisotopic (exact) mass is 262 g/mol. The summed E-state index contributed by atoms with van der Waals surface area (Å²) in [7, 11) is 0. The van der Waals surface area contributed by atoms with E-state index in [-0.39, 0.29) is 26.2 Å². The Hall–Kier alpha value is -1.63. The molecule has 0 aromatic heterocycles. The van der Waals surface area contributed by atoms with E-state index >= 15 is 0 Å². The lowest BCUT2D eigenvalue weighted by molar-refractivity contribution is -0.169. The summed E-state index contributed by atoms with van der Waals surface area (Å²) in [6, 6.07) is 0. The summed E-state index contributed by atoms with van der Waals surface area (Å²) in [5.74, 6) is -3.85. The van der Waals surface area contributed by atoms with Crippen LogP contribution in [0.3, 0.4) is 0 Å². The van der Waals surface area contributed by atoms with Crippen molar-refractivity contribution < 1.29 is 30.7 Å². The van der Waals surface area contributed by atoms with Crippen LogP contribution in [-0.4, -0.2) is 39.3 Å². The standard InChI is InChI=1S/C11H19NO6/c1-10(2,3)18-9(17)11(12,8(15)16)6-4-5-7(13)14/h4-6,12H2,1-3H3,(H,13,14)(H,15,16)/i1D. The predicted molar refractivity (Wildman–Crippen MR) is 61.9 cm³/mol. The van der Waals surface area contributed by atoms with Crippen LogP contribution < -0.4 is 5.73 Å². The Morgan fingerprint density at radius 1 is 1.33 bits per heavy atom. The third kappa shape index (κ3) is 5.13. The Labute approximate surface area is 106 Å². The van der Waals surface area contributed by atoms with Gasteiger partial charge in [0.25, 0.3) is 0 Å². The third-order valence-corrected chi connectivity index (χ3v) is 2.08. The second kappa shape index (κ2) is 5.81. The molecule has 0 aliphatic carbocycles. The van der Waals surface area contributed by atoms with Gasteiger partial charge in [-0.25, -0.2) is 9.59 Å². The number of aliphatic carboxylic acids is 2. The van der Waals surface area contributed by atoms with Crippen molar-refractivity contribution >= 4 is 17.9 Å². The molecular formula is C11H19NO6. The Bertz CT molecular complexity index is 370. The number of hydrogen-bond donors (Lipinski definition) is 3. The molecule has 0 fully saturated rings. The van der Waals surface area contributed by atoms with E-state index in [0.29, 0.717) is 0 Å². The first kappa shape index (κ1) is 14.4. The van der Waals surface area contributed by atoms with Crippen molar-refractivity contribution in [1.29, 1.82) is 0 Å². The number of esters is 1. The number of ether oxygens (including phenoxy) is 1. The maximum absolute atomic E-state index is 11.8. The Balaban J connectivity index is 4.83. The van der Waals surface area contributed by atoms with Crippen molar-refractivity contribution in [1.82, 2.24) is 0 Å². The van der Waals surface area contributed by atoms with E-state index in [0.717, 1.165) is 0 Å². The molecule has 1 atom stereocenters. The molecule has 4 N–H and O–H groups in total. The van der Waals surface area contributed by atoms with E-state index in [1.54, 1.807) is 0 Å². The van der Waals surface area contributed by atoms with Crippen LogP contribution in [0.5, 0.6) is 0 Å². The molecule has 0 radical (unpaired) electrons. The van der Waals surface area contributed by atoms with Crippen molar-refractivity contribution in [2.45, 2.75) is 51.1 Å². The quantitative estimate of drug-likeness (QED) is 0.466. The molecule has 0 aliphatic rings. The lowest BCUT2D eigenvalue weighted by atomic mass is 9.93. The molecule has 0 bridgehead atoms. The lowest BCUT2D eigenvalue weighted by Crippen LogP contribution is -2.57. The van der Waals surface area contributed by atoms with Crippen LogP contribution in [0.2, 0.25) is 0 Å². The molecule has 0 saturated heterocycles. The van der Waals surface area contributed by atoms with Crippen LogP contribution in [-0.2, 0) is 19.1 Å². The smallest absolute Gasteiger partial charge is 0.338 e. The van der Waals surface area contributed by atoms with Gasteiger partial charge in [-0.2, -0.15) is 0 Å². The summed E-state index contributed by atoms with van der Waals surface area (Å²) in [4.78, 5) is 33.3. The molecule has 0 aromatic carbocycles. The zero-order valence-corrected chi connectivity index (χ0v) is 10.4. The van der Waals surface area contributed by atoms with Crippen molar-refractivity contribution in [3.05, 3.63) is 0 Å². The highest BCUT2D eigenvalue weighted by molar-refractivity contribution is 6.03. The second-order valence-corrected chi connectivity index (χ2v) is 4.67. The highest BCUT2D eigenvalue weighted by Gasteiger charge is 2.45. The molecule has 0 rings (SSSR count). The molecule has 0 heterocycles. The summed E-state index contributed by atoms with van der Waals surface area (Å²) in [6.45, 7) is 2.67. The normalized spacial score (nSPS) is 15.4. The number of carbonyl (C=O) groups is 3. The van der Waals surface area contributed by atoms with Crippen LogP contribution >= 0.6 is 0 Å². The second-order valence-electron chi connectivity index (χ2n) is 4.67. The fourth-order valence-electron chi connectivity index (χ4n) is 1.16. The highest BCUT2D eigenvalue weighted by Crippen LogP contribution is 2.18. The molecular weight excluding hydrogens is 242 g/mol. The van der Waals surface area contributed by atoms with E-state index in [4.69, 9.17) is 22.1 Å². The van der Waals surface area contributed by atoms with Crippen LogP contribution in [0, 0.1) is 0 Å². The van der Waals surface area contributed by atoms with Crippen molar-refractivity contribution in [3.8, 4) is 0 Å². The van der Waals surface area contributed by atoms with Crippen molar-refractivity contribution in [2.75, 3.05) is 0 Å². The number of carbonyl (C=O) groups excluding carboxylic acids is 1. The van der Waals surface area contributed by atoms with E-state index in [1.165, 1.54) is 13.8 Å². The van der Waals surface area contributed by atoms with Crippen molar-refractivity contribution in [2.24, 2.45) is 5.73 Å². The van der Waals surface area contributed by atoms with Gasteiger partial charge in [0.2, 0.25) is 5.54 Å². The van der Waals surface area contributed by atoms with Crippen LogP contribution in [0.15, 0.2) is 0 Å². The molecule has 1 unspecified atom stereocenters. The Kier molecular flexibility index (Phi) is 4.66. The first-order chi connectivity index (χ1) is 8.55. The molecule has 0 spiro atoms. The van der Waals surface area contributed by atoms with Gasteiger partial charge in [0, 0.05) is 7.79 Å². The van der Waals surface area contributed by atoms with Gasteiger partial charge < -0.3 is 20.7 Å². The molecule has 104 valence electrons. The number of hydrogen-bond acceptors (Lipinski definition) is 5. The maximum atomic E-state index is 11.8. The zero-order valence-electron chi connectivity index (χ0n) is 11.4. The Morgan fingerprint density at radius 2 is 1.89 bits per heavy atom. The minimum absolute atomic E-state index is 0.0610. The van der Waals surface area contributed by atoms with Gasteiger partial charge in [-0.3, -0.25) is 4.79 Å². The SMILES string of the molecule is [2H]CC(C)(C)OC(=O)C(N)(CCCC(=O)O)C(=O)O. The van der Waals surface area contributed by atoms with E-state index in [1.807, 2.05) is 0 Å². The molecule has 0 saturated carbocycles. The summed E-state index contributed by atoms with van der Waals surface area (Å²) in [5, 5.41) is 17.5. The minimum Gasteiger partial charge on any atom is -0.481 e. The van der Waals surface area contributed by atoms with E-state index < -0.39 is 29.0 Å². The van der Waals surface area contributed by atoms with Gasteiger partial charge in [0.05, 0.1) is 0 Å². The number of carboxylic acids is 2. The molecule has 0 aromatic rings. The fraction of sp³-hybridized carbons (Fsp3) is 0.727. The predicted octanol–water partition coefficient (Wildman–Crippen LogP) is 0.365. The van der Waals surface area contributed by atoms with Gasteiger partial charge in [-0.1, -0.05) is 0 Å². The minimum atomic E-state index is -2.29. The van der Waals surface area contributed by atoms with Gasteiger partial charge in [-0.05, 0) is 33.6 Å². The summed E-state index contributed by atoms with van der Waals surface area (Å²) < 4.78 is 12.1. The topological polar surface area (TPSA) is 127 Å². The van der Waals surface area contributed by atoms with Gasteiger partial charge in [0.1, 0.15) is 5.60 Å². The van der Waals surface area contributed by atoms with Crippen LogP contribution in [0.1, 0.15) is 41.4 Å². The lowest BCUT2D eigenvalue weighted by Gasteiger charge is -2.27. The number of nitrogens with two attached hydrogens (primary N) is 1. The summed E-state index contributed by atoms with van der Waals surface area (Å²) in [6.07, 6.45) is -0.697. The van der Waals surface area contributed by atoms with Crippen LogP contribution in [0.4, 0.5) is 0 Å².